The van der Waals surface area contributed by atoms with Gasteiger partial charge in [-0.1, -0.05) is 12.1 Å². The van der Waals surface area contributed by atoms with Crippen molar-refractivity contribution in [3.63, 3.8) is 0 Å². The lowest BCUT2D eigenvalue weighted by Gasteiger charge is -2.41. The summed E-state index contributed by atoms with van der Waals surface area (Å²) < 4.78 is 22.0. The molecule has 0 spiro atoms. The van der Waals surface area contributed by atoms with Crippen molar-refractivity contribution in [2.24, 2.45) is 0 Å². The van der Waals surface area contributed by atoms with Crippen LogP contribution in [0.25, 0.3) is 0 Å². The fourth-order valence-corrected chi connectivity index (χ4v) is 6.86. The second-order valence-corrected chi connectivity index (χ2v) is 12.4. The number of hydrogen-bond acceptors (Lipinski definition) is 5. The Kier molecular flexibility index (Phi) is 7.73. The summed E-state index contributed by atoms with van der Waals surface area (Å²) >= 11 is 0. The van der Waals surface area contributed by atoms with E-state index in [0.717, 1.165) is 62.3 Å². The normalized spacial score (nSPS) is 23.8. The van der Waals surface area contributed by atoms with Gasteiger partial charge in [0, 0.05) is 44.6 Å². The van der Waals surface area contributed by atoms with Crippen LogP contribution in [-0.2, 0) is 22.5 Å². The molecule has 1 aromatic carbocycles. The predicted octanol–water partition coefficient (Wildman–Crippen LogP) is 5.06. The van der Waals surface area contributed by atoms with Gasteiger partial charge in [0.25, 0.3) is 0 Å². The number of benzene rings is 1. The first-order chi connectivity index (χ1) is 18.5. The van der Waals surface area contributed by atoms with E-state index >= 15 is 0 Å². The lowest BCUT2D eigenvalue weighted by molar-refractivity contribution is -0.129. The summed E-state index contributed by atoms with van der Waals surface area (Å²) in [7, 11) is 0. The van der Waals surface area contributed by atoms with Crippen LogP contribution in [0.5, 0.6) is 0 Å². The minimum absolute atomic E-state index is 0.119. The summed E-state index contributed by atoms with van der Waals surface area (Å²) in [6.07, 6.45) is 5.41. The zero-order chi connectivity index (χ0) is 27.9. The molecule has 3 atom stereocenters. The Morgan fingerprint density at radius 2 is 1.90 bits per heavy atom. The third-order valence-corrected chi connectivity index (χ3v) is 8.52. The SMILES string of the molecule is CC(=O)N1CCc2nc(C)n(C3CC4CCC(C3)N4CC[C@H](NC(=O)OC(C)(C)C)c3cccc(F)c3)c2C1. The number of aromatic nitrogens is 2. The first-order valence-electron chi connectivity index (χ1n) is 14.3. The molecule has 2 bridgehead atoms. The quantitative estimate of drug-likeness (QED) is 0.555. The summed E-state index contributed by atoms with van der Waals surface area (Å²) in [5.41, 5.74) is 2.49. The third-order valence-electron chi connectivity index (χ3n) is 8.52. The van der Waals surface area contributed by atoms with E-state index in [9.17, 15) is 14.0 Å². The van der Waals surface area contributed by atoms with Crippen LogP contribution in [0.2, 0.25) is 0 Å². The monoisotopic (exact) mass is 539 g/mol. The minimum Gasteiger partial charge on any atom is -0.444 e. The third kappa shape index (κ3) is 6.13. The number of halogens is 1. The van der Waals surface area contributed by atoms with E-state index in [0.29, 0.717) is 31.1 Å². The summed E-state index contributed by atoms with van der Waals surface area (Å²) in [5, 5.41) is 2.99. The second-order valence-electron chi connectivity index (χ2n) is 12.4. The van der Waals surface area contributed by atoms with E-state index in [1.807, 2.05) is 31.7 Å². The van der Waals surface area contributed by atoms with Crippen LogP contribution >= 0.6 is 0 Å². The molecule has 2 aromatic rings. The zero-order valence-electron chi connectivity index (χ0n) is 23.9. The van der Waals surface area contributed by atoms with E-state index in [1.54, 1.807) is 13.0 Å². The van der Waals surface area contributed by atoms with Crippen molar-refractivity contribution in [1.29, 1.82) is 0 Å². The van der Waals surface area contributed by atoms with Gasteiger partial charge in [0.15, 0.2) is 0 Å². The molecule has 8 nitrogen and oxygen atoms in total. The van der Waals surface area contributed by atoms with Gasteiger partial charge in [-0.05, 0) is 77.5 Å². The Labute approximate surface area is 230 Å². The average Bonchev–Trinajstić information content (AvgIpc) is 3.30. The maximum Gasteiger partial charge on any atom is 0.408 e. The number of piperidine rings is 1. The Bertz CT molecular complexity index is 1210. The van der Waals surface area contributed by atoms with Crippen molar-refractivity contribution in [1.82, 2.24) is 24.7 Å². The molecule has 5 rings (SSSR count). The van der Waals surface area contributed by atoms with Gasteiger partial charge in [0.2, 0.25) is 5.91 Å². The molecule has 1 N–H and O–H groups in total. The Balaban J connectivity index is 1.28. The van der Waals surface area contributed by atoms with E-state index in [-0.39, 0.29) is 17.8 Å². The topological polar surface area (TPSA) is 79.7 Å². The predicted molar refractivity (Wildman–Crippen MR) is 147 cm³/mol. The number of aryl methyl sites for hydroxylation is 1. The fraction of sp³-hybridized carbons (Fsp3) is 0.633. The largest absolute Gasteiger partial charge is 0.444 e. The average molecular weight is 540 g/mol. The van der Waals surface area contributed by atoms with Gasteiger partial charge < -0.3 is 19.5 Å². The molecular weight excluding hydrogens is 497 g/mol. The van der Waals surface area contributed by atoms with E-state index in [1.165, 1.54) is 17.8 Å². The molecule has 1 aromatic heterocycles. The number of amides is 2. The van der Waals surface area contributed by atoms with Crippen LogP contribution in [0, 0.1) is 12.7 Å². The zero-order valence-corrected chi connectivity index (χ0v) is 23.9. The lowest BCUT2D eigenvalue weighted by atomic mass is 9.95. The molecule has 3 aliphatic rings. The number of ether oxygens (including phenoxy) is 1. The highest BCUT2D eigenvalue weighted by Crippen LogP contribution is 2.43. The molecule has 2 fully saturated rings. The smallest absolute Gasteiger partial charge is 0.408 e. The molecule has 0 saturated carbocycles. The Morgan fingerprint density at radius 3 is 2.54 bits per heavy atom. The number of nitrogens with one attached hydrogen (secondary N) is 1. The molecule has 3 aliphatic heterocycles. The number of alkyl carbamates (subject to hydrolysis) is 1. The highest BCUT2D eigenvalue weighted by molar-refractivity contribution is 5.73. The van der Waals surface area contributed by atoms with Crippen molar-refractivity contribution in [2.45, 2.75) is 109 Å². The fourth-order valence-electron chi connectivity index (χ4n) is 6.86. The molecule has 212 valence electrons. The van der Waals surface area contributed by atoms with Crippen molar-refractivity contribution < 1.29 is 18.7 Å². The summed E-state index contributed by atoms with van der Waals surface area (Å²) in [5.74, 6) is 0.858. The molecule has 39 heavy (non-hydrogen) atoms. The van der Waals surface area contributed by atoms with Crippen molar-refractivity contribution in [3.8, 4) is 0 Å². The Hall–Kier alpha value is -2.94. The summed E-state index contributed by atoms with van der Waals surface area (Å²) in [6.45, 7) is 11.5. The van der Waals surface area contributed by atoms with Gasteiger partial charge >= 0.3 is 6.09 Å². The first-order valence-corrected chi connectivity index (χ1v) is 14.3. The number of carbonyl (C=O) groups excluding carboxylic acids is 2. The Morgan fingerprint density at radius 1 is 1.18 bits per heavy atom. The van der Waals surface area contributed by atoms with Crippen LogP contribution in [0.4, 0.5) is 9.18 Å². The molecule has 0 aliphatic carbocycles. The number of hydrogen-bond donors (Lipinski definition) is 1. The van der Waals surface area contributed by atoms with Crippen molar-refractivity contribution in [3.05, 3.63) is 52.9 Å². The maximum atomic E-state index is 14.1. The first kappa shape index (κ1) is 27.6. The van der Waals surface area contributed by atoms with Gasteiger partial charge in [-0.25, -0.2) is 14.2 Å². The molecule has 2 saturated heterocycles. The highest BCUT2D eigenvalue weighted by atomic mass is 19.1. The number of carbonyl (C=O) groups is 2. The van der Waals surface area contributed by atoms with Crippen LogP contribution in [0.15, 0.2) is 24.3 Å². The van der Waals surface area contributed by atoms with Crippen LogP contribution in [0.3, 0.4) is 0 Å². The van der Waals surface area contributed by atoms with Crippen molar-refractivity contribution >= 4 is 12.0 Å². The van der Waals surface area contributed by atoms with Gasteiger partial charge in [-0.15, -0.1) is 0 Å². The molecule has 0 radical (unpaired) electrons. The van der Waals surface area contributed by atoms with Gasteiger partial charge in [-0.2, -0.15) is 0 Å². The van der Waals surface area contributed by atoms with E-state index in [4.69, 9.17) is 9.72 Å². The summed E-state index contributed by atoms with van der Waals surface area (Å²) in [4.78, 5) is 34.1. The molecule has 2 amide bonds. The molecule has 2 unspecified atom stereocenters. The molecule has 9 heteroatoms. The number of rotatable bonds is 6. The number of fused-ring (bicyclic) bond motifs is 3. The van der Waals surface area contributed by atoms with E-state index < -0.39 is 11.7 Å². The molecule has 4 heterocycles. The second kappa shape index (κ2) is 10.9. The van der Waals surface area contributed by atoms with Gasteiger partial charge in [-0.3, -0.25) is 9.69 Å². The van der Waals surface area contributed by atoms with Gasteiger partial charge in [0.05, 0.1) is 24.0 Å². The highest BCUT2D eigenvalue weighted by Gasteiger charge is 2.42. The number of nitrogens with zero attached hydrogens (tertiary/aromatic N) is 4. The van der Waals surface area contributed by atoms with E-state index in [2.05, 4.69) is 21.7 Å². The van der Waals surface area contributed by atoms with Crippen molar-refractivity contribution in [2.75, 3.05) is 13.1 Å². The summed E-state index contributed by atoms with van der Waals surface area (Å²) in [6, 6.07) is 7.41. The van der Waals surface area contributed by atoms with Crippen LogP contribution in [0.1, 0.15) is 94.7 Å². The number of imidazole rings is 1. The van der Waals surface area contributed by atoms with Crippen LogP contribution in [-0.4, -0.2) is 62.1 Å². The lowest BCUT2D eigenvalue weighted by Crippen LogP contribution is -2.45. The van der Waals surface area contributed by atoms with Gasteiger partial charge in [0.1, 0.15) is 17.2 Å². The van der Waals surface area contributed by atoms with Crippen LogP contribution < -0.4 is 5.32 Å². The minimum atomic E-state index is -0.607. The standard InChI is InChI=1S/C30H42FN5O3/c1-19-32-27-11-13-34(20(2)37)18-28(27)36(19)25-16-23-9-10-24(17-25)35(23)14-12-26(21-7-6-8-22(31)15-21)33-29(38)39-30(3,4)5/h6-8,15,23-26H,9-14,16-18H2,1-5H3,(H,33,38)/t23?,24?,25?,26-/m0/s1. The maximum absolute atomic E-state index is 14.1. The molecular formula is C30H42FN5O3.